The summed E-state index contributed by atoms with van der Waals surface area (Å²) in [5.74, 6) is -0.0905. The second-order valence-corrected chi connectivity index (χ2v) is 7.00. The quantitative estimate of drug-likeness (QED) is 0.747. The predicted octanol–water partition coefficient (Wildman–Crippen LogP) is 0.697. The van der Waals surface area contributed by atoms with E-state index < -0.39 is 15.6 Å². The molecule has 0 aliphatic carbocycles. The molecule has 1 aromatic carbocycles. The fourth-order valence-electron chi connectivity index (χ4n) is 2.69. The fraction of sp³-hybridized carbons (Fsp3) is 0.571. The lowest BCUT2D eigenvalue weighted by Crippen LogP contribution is -2.40. The molecule has 1 heterocycles. The lowest BCUT2D eigenvalue weighted by atomic mass is 9.83. The number of aliphatic hydroxyl groups is 1. The summed E-state index contributed by atoms with van der Waals surface area (Å²) >= 11 is 0. The van der Waals surface area contributed by atoms with Crippen LogP contribution in [-0.4, -0.2) is 33.2 Å². The molecule has 0 bridgehead atoms. The number of piperidine rings is 1. The highest BCUT2D eigenvalue weighted by atomic mass is 32.2. The van der Waals surface area contributed by atoms with Crippen molar-refractivity contribution in [3.05, 3.63) is 35.4 Å². The molecule has 112 valence electrons. The summed E-state index contributed by atoms with van der Waals surface area (Å²) in [4.78, 5) is 0. The molecular weight excluding hydrogens is 276 g/mol. The molecule has 6 heteroatoms. The van der Waals surface area contributed by atoms with Gasteiger partial charge in [0.2, 0.25) is 10.0 Å². The highest BCUT2D eigenvalue weighted by molar-refractivity contribution is 7.88. The van der Waals surface area contributed by atoms with Gasteiger partial charge in [0.1, 0.15) is 0 Å². The minimum Gasteiger partial charge on any atom is -0.385 e. The molecule has 0 saturated carbocycles. The van der Waals surface area contributed by atoms with Crippen molar-refractivity contribution in [2.45, 2.75) is 31.1 Å². The van der Waals surface area contributed by atoms with Crippen molar-refractivity contribution in [2.24, 2.45) is 0 Å². The Balaban J connectivity index is 2.31. The summed E-state index contributed by atoms with van der Waals surface area (Å²) in [6.45, 7) is 3.61. The van der Waals surface area contributed by atoms with E-state index in [9.17, 15) is 13.5 Å². The van der Waals surface area contributed by atoms with E-state index in [1.54, 1.807) is 13.0 Å². The van der Waals surface area contributed by atoms with Crippen LogP contribution in [0.2, 0.25) is 0 Å². The Morgan fingerprint density at radius 1 is 1.30 bits per heavy atom. The zero-order valence-electron chi connectivity index (χ0n) is 11.7. The Bertz CT molecular complexity index is 551. The Morgan fingerprint density at radius 3 is 2.60 bits per heavy atom. The van der Waals surface area contributed by atoms with Crippen LogP contribution >= 0.6 is 0 Å². The SMILES string of the molecule is CCNS(=O)(=O)Cc1ccccc1C1(O)CCNCC1. The summed E-state index contributed by atoms with van der Waals surface area (Å²) in [7, 11) is -3.35. The molecule has 0 aromatic heterocycles. The Morgan fingerprint density at radius 2 is 1.95 bits per heavy atom. The molecule has 1 saturated heterocycles. The molecule has 0 amide bonds. The van der Waals surface area contributed by atoms with E-state index in [2.05, 4.69) is 10.0 Å². The van der Waals surface area contributed by atoms with E-state index in [-0.39, 0.29) is 5.75 Å². The Hall–Kier alpha value is -0.950. The third kappa shape index (κ3) is 3.58. The number of hydrogen-bond donors (Lipinski definition) is 3. The van der Waals surface area contributed by atoms with Crippen LogP contribution in [0, 0.1) is 0 Å². The van der Waals surface area contributed by atoms with Crippen LogP contribution in [0.4, 0.5) is 0 Å². The molecule has 0 atom stereocenters. The predicted molar refractivity (Wildman–Crippen MR) is 78.7 cm³/mol. The molecule has 0 unspecified atom stereocenters. The van der Waals surface area contributed by atoms with E-state index in [0.29, 0.717) is 24.9 Å². The van der Waals surface area contributed by atoms with Gasteiger partial charge in [0.25, 0.3) is 0 Å². The van der Waals surface area contributed by atoms with Gasteiger partial charge in [-0.3, -0.25) is 0 Å². The first-order valence-electron chi connectivity index (χ1n) is 6.96. The van der Waals surface area contributed by atoms with Gasteiger partial charge in [-0.05, 0) is 37.1 Å². The third-order valence-electron chi connectivity index (χ3n) is 3.66. The molecule has 1 aliphatic heterocycles. The van der Waals surface area contributed by atoms with E-state index in [1.165, 1.54) is 0 Å². The van der Waals surface area contributed by atoms with Gasteiger partial charge in [-0.1, -0.05) is 31.2 Å². The average Bonchev–Trinajstić information content (AvgIpc) is 2.39. The summed E-state index contributed by atoms with van der Waals surface area (Å²) in [5, 5.41) is 14.0. The van der Waals surface area contributed by atoms with Gasteiger partial charge in [0.15, 0.2) is 0 Å². The number of sulfonamides is 1. The molecule has 20 heavy (non-hydrogen) atoms. The second-order valence-electron chi connectivity index (χ2n) is 5.20. The van der Waals surface area contributed by atoms with E-state index in [0.717, 1.165) is 18.7 Å². The third-order valence-corrected chi connectivity index (χ3v) is 5.08. The topological polar surface area (TPSA) is 78.4 Å². The summed E-state index contributed by atoms with van der Waals surface area (Å²) < 4.78 is 26.4. The summed E-state index contributed by atoms with van der Waals surface area (Å²) in [6, 6.07) is 7.27. The molecule has 1 aromatic rings. The van der Waals surface area contributed by atoms with Crippen molar-refractivity contribution in [3.63, 3.8) is 0 Å². The molecule has 0 radical (unpaired) electrons. The van der Waals surface area contributed by atoms with E-state index in [4.69, 9.17) is 0 Å². The zero-order chi connectivity index (χ0) is 14.6. The first kappa shape index (κ1) is 15.4. The Kier molecular flexibility index (Phi) is 4.80. The van der Waals surface area contributed by atoms with Crippen LogP contribution in [0.25, 0.3) is 0 Å². The maximum Gasteiger partial charge on any atom is 0.215 e. The summed E-state index contributed by atoms with van der Waals surface area (Å²) in [6.07, 6.45) is 1.20. The molecular formula is C14H22N2O3S. The van der Waals surface area contributed by atoms with Gasteiger partial charge in [0, 0.05) is 6.54 Å². The van der Waals surface area contributed by atoms with Crippen molar-refractivity contribution in [1.82, 2.24) is 10.0 Å². The maximum absolute atomic E-state index is 11.9. The number of nitrogens with one attached hydrogen (secondary N) is 2. The van der Waals surface area contributed by atoms with E-state index >= 15 is 0 Å². The highest BCUT2D eigenvalue weighted by Gasteiger charge is 2.33. The van der Waals surface area contributed by atoms with Crippen molar-refractivity contribution in [3.8, 4) is 0 Å². The van der Waals surface area contributed by atoms with Crippen molar-refractivity contribution >= 4 is 10.0 Å². The standard InChI is InChI=1S/C14H22N2O3S/c1-2-16-20(18,19)11-12-5-3-4-6-13(12)14(17)7-9-15-10-8-14/h3-6,15-17H,2,7-11H2,1H3. The van der Waals surface area contributed by atoms with Crippen LogP contribution in [0.5, 0.6) is 0 Å². The second kappa shape index (κ2) is 6.22. The Labute approximate surface area is 120 Å². The summed E-state index contributed by atoms with van der Waals surface area (Å²) in [5.41, 5.74) is 0.490. The fourth-order valence-corrected chi connectivity index (χ4v) is 3.89. The van der Waals surface area contributed by atoms with Gasteiger partial charge in [0.05, 0.1) is 11.4 Å². The number of benzene rings is 1. The minimum absolute atomic E-state index is 0.0905. The molecule has 3 N–H and O–H groups in total. The molecule has 5 nitrogen and oxygen atoms in total. The maximum atomic E-state index is 11.9. The first-order chi connectivity index (χ1) is 9.47. The number of hydrogen-bond acceptors (Lipinski definition) is 4. The monoisotopic (exact) mass is 298 g/mol. The van der Waals surface area contributed by atoms with Crippen molar-refractivity contribution < 1.29 is 13.5 Å². The van der Waals surface area contributed by atoms with Crippen LogP contribution < -0.4 is 10.0 Å². The zero-order valence-corrected chi connectivity index (χ0v) is 12.5. The van der Waals surface area contributed by atoms with Crippen LogP contribution in [0.1, 0.15) is 30.9 Å². The molecule has 0 spiro atoms. The largest absolute Gasteiger partial charge is 0.385 e. The van der Waals surface area contributed by atoms with Crippen LogP contribution in [-0.2, 0) is 21.4 Å². The molecule has 1 aliphatic rings. The van der Waals surface area contributed by atoms with Gasteiger partial charge in [-0.15, -0.1) is 0 Å². The molecule has 1 fully saturated rings. The number of rotatable bonds is 5. The van der Waals surface area contributed by atoms with E-state index in [1.807, 2.05) is 18.2 Å². The lowest BCUT2D eigenvalue weighted by Gasteiger charge is -2.34. The highest BCUT2D eigenvalue weighted by Crippen LogP contribution is 2.33. The minimum atomic E-state index is -3.35. The van der Waals surface area contributed by atoms with Crippen LogP contribution in [0.3, 0.4) is 0 Å². The lowest BCUT2D eigenvalue weighted by molar-refractivity contribution is 0.00532. The van der Waals surface area contributed by atoms with Crippen molar-refractivity contribution in [1.29, 1.82) is 0 Å². The average molecular weight is 298 g/mol. The van der Waals surface area contributed by atoms with Gasteiger partial charge in [-0.2, -0.15) is 0 Å². The van der Waals surface area contributed by atoms with Crippen molar-refractivity contribution in [2.75, 3.05) is 19.6 Å². The van der Waals surface area contributed by atoms with Gasteiger partial charge < -0.3 is 10.4 Å². The van der Waals surface area contributed by atoms with Crippen LogP contribution in [0.15, 0.2) is 24.3 Å². The first-order valence-corrected chi connectivity index (χ1v) is 8.61. The normalized spacial score (nSPS) is 18.9. The van der Waals surface area contributed by atoms with Gasteiger partial charge in [-0.25, -0.2) is 13.1 Å². The smallest absolute Gasteiger partial charge is 0.215 e. The van der Waals surface area contributed by atoms with Gasteiger partial charge >= 0.3 is 0 Å². The molecule has 2 rings (SSSR count).